The molecule has 0 aromatic heterocycles. The van der Waals surface area contributed by atoms with Crippen LogP contribution in [0.4, 0.5) is 11.4 Å². The summed E-state index contributed by atoms with van der Waals surface area (Å²) in [5.41, 5.74) is -0.269. The van der Waals surface area contributed by atoms with Gasteiger partial charge in [-0.3, -0.25) is 19.7 Å². The molecular formula is C14H9BrN2O5. The molecule has 0 aliphatic carbocycles. The van der Waals surface area contributed by atoms with Crippen molar-refractivity contribution in [1.29, 1.82) is 0 Å². The molecule has 2 fully saturated rings. The Morgan fingerprint density at radius 1 is 1.14 bits per heavy atom. The fraction of sp³-hybridized carbons (Fsp3) is 0.286. The highest BCUT2D eigenvalue weighted by Gasteiger charge is 2.61. The van der Waals surface area contributed by atoms with Crippen LogP contribution in [-0.4, -0.2) is 28.9 Å². The van der Waals surface area contributed by atoms with Crippen LogP contribution in [0.2, 0.25) is 0 Å². The normalized spacial score (nSPS) is 32.0. The molecule has 0 radical (unpaired) electrons. The van der Waals surface area contributed by atoms with Gasteiger partial charge in [0.1, 0.15) is 5.69 Å². The van der Waals surface area contributed by atoms with Crippen molar-refractivity contribution in [3.63, 3.8) is 0 Å². The van der Waals surface area contributed by atoms with Gasteiger partial charge >= 0.3 is 0 Å². The molecule has 2 amide bonds. The summed E-state index contributed by atoms with van der Waals surface area (Å²) in [6, 6.07) is 4.27. The first-order valence-corrected chi connectivity index (χ1v) is 7.44. The molecule has 2 bridgehead atoms. The molecule has 112 valence electrons. The molecule has 8 heteroatoms. The predicted octanol–water partition coefficient (Wildman–Crippen LogP) is 1.80. The van der Waals surface area contributed by atoms with Crippen LogP contribution in [0.3, 0.4) is 0 Å². The van der Waals surface area contributed by atoms with E-state index < -0.39 is 40.8 Å². The number of amides is 2. The van der Waals surface area contributed by atoms with Gasteiger partial charge in [0.25, 0.3) is 5.69 Å². The van der Waals surface area contributed by atoms with Crippen molar-refractivity contribution in [2.45, 2.75) is 12.2 Å². The van der Waals surface area contributed by atoms with Crippen LogP contribution in [0, 0.1) is 22.0 Å². The van der Waals surface area contributed by atoms with Crippen LogP contribution < -0.4 is 4.90 Å². The Kier molecular flexibility index (Phi) is 2.76. The van der Waals surface area contributed by atoms with Crippen LogP contribution in [-0.2, 0) is 14.3 Å². The van der Waals surface area contributed by atoms with Gasteiger partial charge in [0.15, 0.2) is 0 Å². The lowest BCUT2D eigenvalue weighted by atomic mass is 9.85. The first-order chi connectivity index (χ1) is 10.5. The maximum atomic E-state index is 12.6. The molecule has 4 rings (SSSR count). The summed E-state index contributed by atoms with van der Waals surface area (Å²) < 4.78 is 6.05. The lowest BCUT2D eigenvalue weighted by Crippen LogP contribution is -2.34. The zero-order chi connectivity index (χ0) is 15.6. The van der Waals surface area contributed by atoms with Crippen LogP contribution in [0.15, 0.2) is 34.8 Å². The predicted molar refractivity (Wildman–Crippen MR) is 78.1 cm³/mol. The minimum atomic E-state index is -0.599. The number of imide groups is 1. The van der Waals surface area contributed by atoms with E-state index in [1.807, 2.05) is 0 Å². The molecule has 3 aliphatic rings. The Balaban J connectivity index is 1.81. The SMILES string of the molecule is O=C1[C@@H]2[C@H](C(=O)N1c1ccc(Br)cc1[N+](=O)[O-])[C@H]1C=C[C@H]2O1. The minimum absolute atomic E-state index is 0.0111. The highest BCUT2D eigenvalue weighted by molar-refractivity contribution is 9.10. The lowest BCUT2D eigenvalue weighted by molar-refractivity contribution is -0.384. The van der Waals surface area contributed by atoms with Crippen molar-refractivity contribution in [2.24, 2.45) is 11.8 Å². The fourth-order valence-corrected chi connectivity index (χ4v) is 3.72. The topological polar surface area (TPSA) is 89.8 Å². The van der Waals surface area contributed by atoms with Crippen molar-refractivity contribution >= 4 is 39.1 Å². The molecule has 0 N–H and O–H groups in total. The van der Waals surface area contributed by atoms with E-state index in [0.29, 0.717) is 4.47 Å². The van der Waals surface area contributed by atoms with Gasteiger partial charge in [0.2, 0.25) is 11.8 Å². The van der Waals surface area contributed by atoms with Gasteiger partial charge < -0.3 is 4.74 Å². The van der Waals surface area contributed by atoms with Crippen LogP contribution in [0.5, 0.6) is 0 Å². The largest absolute Gasteiger partial charge is 0.365 e. The number of ether oxygens (including phenoxy) is 1. The van der Waals surface area contributed by atoms with Gasteiger partial charge in [-0.05, 0) is 12.1 Å². The third-order valence-electron chi connectivity index (χ3n) is 4.29. The summed E-state index contributed by atoms with van der Waals surface area (Å²) in [7, 11) is 0. The van der Waals surface area contributed by atoms with Crippen LogP contribution >= 0.6 is 15.9 Å². The summed E-state index contributed by atoms with van der Waals surface area (Å²) in [6.45, 7) is 0. The lowest BCUT2D eigenvalue weighted by Gasteiger charge is -2.17. The van der Waals surface area contributed by atoms with Crippen LogP contribution in [0.25, 0.3) is 0 Å². The molecule has 22 heavy (non-hydrogen) atoms. The van der Waals surface area contributed by atoms with Crippen molar-refractivity contribution < 1.29 is 19.2 Å². The number of hydrogen-bond donors (Lipinski definition) is 0. The summed E-state index contributed by atoms with van der Waals surface area (Å²) in [5, 5.41) is 11.2. The summed E-state index contributed by atoms with van der Waals surface area (Å²) in [4.78, 5) is 36.8. The molecule has 1 aromatic rings. The van der Waals surface area contributed by atoms with Crippen molar-refractivity contribution in [3.8, 4) is 0 Å². The number of nitro benzene ring substituents is 1. The second kappa shape index (κ2) is 4.47. The molecule has 3 heterocycles. The second-order valence-electron chi connectivity index (χ2n) is 5.40. The molecule has 0 saturated carbocycles. The second-order valence-corrected chi connectivity index (χ2v) is 6.32. The Morgan fingerprint density at radius 3 is 2.27 bits per heavy atom. The van der Waals surface area contributed by atoms with E-state index in [0.717, 1.165) is 4.90 Å². The third kappa shape index (κ3) is 1.65. The van der Waals surface area contributed by atoms with E-state index in [9.17, 15) is 19.7 Å². The number of carbonyl (C=O) groups excluding carboxylic acids is 2. The minimum Gasteiger partial charge on any atom is -0.365 e. The molecule has 1 aromatic carbocycles. The third-order valence-corrected chi connectivity index (χ3v) is 4.78. The Hall–Kier alpha value is -2.06. The van der Waals surface area contributed by atoms with E-state index >= 15 is 0 Å². The monoisotopic (exact) mass is 364 g/mol. The average Bonchev–Trinajstić information content (AvgIpc) is 3.14. The maximum absolute atomic E-state index is 12.6. The maximum Gasteiger partial charge on any atom is 0.294 e. The number of nitro groups is 1. The van der Waals surface area contributed by atoms with E-state index in [4.69, 9.17) is 4.74 Å². The molecule has 0 spiro atoms. The van der Waals surface area contributed by atoms with Gasteiger partial charge in [0, 0.05) is 10.5 Å². The summed E-state index contributed by atoms with van der Waals surface area (Å²) in [6.07, 6.45) is 2.73. The van der Waals surface area contributed by atoms with Gasteiger partial charge in [-0.15, -0.1) is 0 Å². The summed E-state index contributed by atoms with van der Waals surface area (Å²) >= 11 is 3.16. The van der Waals surface area contributed by atoms with Gasteiger partial charge in [0.05, 0.1) is 29.0 Å². The fourth-order valence-electron chi connectivity index (χ4n) is 3.37. The first kappa shape index (κ1) is 13.6. The number of benzene rings is 1. The smallest absolute Gasteiger partial charge is 0.294 e. The highest BCUT2D eigenvalue weighted by atomic mass is 79.9. The number of fused-ring (bicyclic) bond motifs is 5. The standard InChI is InChI=1S/C14H9BrN2O5/c15-6-1-2-7(8(5-6)17(20)21)16-13(18)11-9-3-4-10(22-9)12(11)14(16)19/h1-5,9-12H/t9-,10-,11-,12+/m1/s1. The van der Waals surface area contributed by atoms with Crippen molar-refractivity contribution in [1.82, 2.24) is 0 Å². The van der Waals surface area contributed by atoms with Gasteiger partial charge in [-0.2, -0.15) is 0 Å². The van der Waals surface area contributed by atoms with E-state index in [1.54, 1.807) is 18.2 Å². The highest BCUT2D eigenvalue weighted by Crippen LogP contribution is 2.47. The number of anilines is 1. The van der Waals surface area contributed by atoms with Gasteiger partial charge in [-0.25, -0.2) is 4.90 Å². The van der Waals surface area contributed by atoms with Crippen molar-refractivity contribution in [2.75, 3.05) is 4.90 Å². The molecule has 2 saturated heterocycles. The van der Waals surface area contributed by atoms with Crippen LogP contribution in [0.1, 0.15) is 0 Å². The van der Waals surface area contributed by atoms with E-state index in [1.165, 1.54) is 12.1 Å². The molecule has 4 atom stereocenters. The number of carbonyl (C=O) groups is 2. The van der Waals surface area contributed by atoms with Gasteiger partial charge in [-0.1, -0.05) is 28.1 Å². The number of rotatable bonds is 2. The number of halogens is 1. The number of hydrogen-bond acceptors (Lipinski definition) is 5. The molecule has 3 aliphatic heterocycles. The Labute approximate surface area is 132 Å². The first-order valence-electron chi connectivity index (χ1n) is 6.64. The zero-order valence-electron chi connectivity index (χ0n) is 11.0. The zero-order valence-corrected chi connectivity index (χ0v) is 12.6. The Morgan fingerprint density at radius 2 is 1.73 bits per heavy atom. The molecular weight excluding hydrogens is 356 g/mol. The summed E-state index contributed by atoms with van der Waals surface area (Å²) in [5.74, 6) is -2.02. The average molecular weight is 365 g/mol. The molecule has 7 nitrogen and oxygen atoms in total. The molecule has 0 unspecified atom stereocenters. The van der Waals surface area contributed by atoms with E-state index in [-0.39, 0.29) is 11.4 Å². The Bertz CT molecular complexity index is 732. The van der Waals surface area contributed by atoms with E-state index in [2.05, 4.69) is 15.9 Å². The van der Waals surface area contributed by atoms with Crippen molar-refractivity contribution in [3.05, 3.63) is 44.9 Å². The quantitative estimate of drug-likeness (QED) is 0.345. The number of nitrogens with zero attached hydrogens (tertiary/aromatic N) is 2.